The highest BCUT2D eigenvalue weighted by Crippen LogP contribution is 2.52. The molecule has 3 aliphatic carbocycles. The number of pyridine rings is 1. The zero-order valence-corrected chi connectivity index (χ0v) is 23.2. The summed E-state index contributed by atoms with van der Waals surface area (Å²) in [5.74, 6) is -10.6. The van der Waals surface area contributed by atoms with E-state index in [1.807, 2.05) is 4.90 Å². The summed E-state index contributed by atoms with van der Waals surface area (Å²) in [6, 6.07) is 4.19. The van der Waals surface area contributed by atoms with Gasteiger partial charge in [0.25, 0.3) is 0 Å². The molecule has 12 heteroatoms. The second-order valence-corrected chi connectivity index (χ2v) is 11.5. The molecule has 1 aromatic heterocycles. The van der Waals surface area contributed by atoms with Crippen molar-refractivity contribution in [2.45, 2.75) is 31.0 Å². The van der Waals surface area contributed by atoms with Gasteiger partial charge < -0.3 is 26.2 Å². The van der Waals surface area contributed by atoms with E-state index in [-0.39, 0.29) is 30.7 Å². The average molecular weight is 564 g/mol. The molecular weight excluding hydrogens is 530 g/mol. The number of hydrogen-bond donors (Lipinski definition) is 4. The van der Waals surface area contributed by atoms with E-state index in [4.69, 9.17) is 5.73 Å². The van der Waals surface area contributed by atoms with E-state index in [9.17, 15) is 34.2 Å². The maximum atomic E-state index is 14.1. The summed E-state index contributed by atoms with van der Waals surface area (Å²) in [5.41, 5.74) is 4.91. The molecule has 2 fully saturated rings. The number of carbonyl (C=O) groups is 5. The molecule has 1 aromatic carbocycles. The lowest BCUT2D eigenvalue weighted by Gasteiger charge is -2.52. The van der Waals surface area contributed by atoms with Crippen LogP contribution in [0.5, 0.6) is 5.75 Å². The second-order valence-electron chi connectivity index (χ2n) is 11.5. The van der Waals surface area contributed by atoms with Crippen LogP contribution >= 0.6 is 0 Å². The van der Waals surface area contributed by atoms with Gasteiger partial charge in [0.15, 0.2) is 34.7 Å². The van der Waals surface area contributed by atoms with Crippen molar-refractivity contribution < 1.29 is 34.2 Å². The molecule has 1 heterocycles. The fraction of sp³-hybridized carbons (Fsp3) is 0.448. The smallest absolute Gasteiger partial charge is 0.235 e. The van der Waals surface area contributed by atoms with Crippen molar-refractivity contribution in [2.75, 3.05) is 38.4 Å². The van der Waals surface area contributed by atoms with Gasteiger partial charge in [-0.05, 0) is 56.6 Å². The highest BCUT2D eigenvalue weighted by Gasteiger charge is 2.69. The second kappa shape index (κ2) is 10.0. The molecule has 216 valence electrons. The normalized spacial score (nSPS) is 29.1. The van der Waals surface area contributed by atoms with Crippen LogP contribution in [0.2, 0.25) is 0 Å². The molecule has 2 saturated carbocycles. The van der Waals surface area contributed by atoms with E-state index in [2.05, 4.69) is 10.3 Å². The van der Waals surface area contributed by atoms with Crippen LogP contribution in [0.15, 0.2) is 30.6 Å². The number of nitrogens with zero attached hydrogens (tertiary/aromatic N) is 3. The van der Waals surface area contributed by atoms with E-state index >= 15 is 0 Å². The van der Waals surface area contributed by atoms with Crippen molar-refractivity contribution >= 4 is 40.4 Å². The van der Waals surface area contributed by atoms with Gasteiger partial charge in [-0.2, -0.15) is 0 Å². The topological polar surface area (TPSA) is 183 Å². The largest absolute Gasteiger partial charge is 0.507 e. The third kappa shape index (κ3) is 4.20. The number of anilines is 2. The van der Waals surface area contributed by atoms with Gasteiger partial charge in [0.2, 0.25) is 5.91 Å². The number of Topliss-reactive ketones (excluding diaryl/α,β-unsaturated/α-hetero) is 4. The monoisotopic (exact) mass is 563 g/mol. The highest BCUT2D eigenvalue weighted by molar-refractivity contribution is 6.32. The maximum absolute atomic E-state index is 14.1. The summed E-state index contributed by atoms with van der Waals surface area (Å²) < 4.78 is 0. The number of aliphatic hydroxyl groups is 1. The lowest BCUT2D eigenvalue weighted by Crippen LogP contribution is -2.74. The first-order valence-electron chi connectivity index (χ1n) is 13.3. The zero-order chi connectivity index (χ0) is 30.0. The number of aromatic hydroxyl groups is 1. The van der Waals surface area contributed by atoms with Gasteiger partial charge in [0.1, 0.15) is 5.75 Å². The molecule has 5 rings (SSSR count). The number of nitrogens with one attached hydrogen (secondary N) is 1. The minimum absolute atomic E-state index is 0.00183. The number of fused-ring (bicyclic) bond motifs is 3. The van der Waals surface area contributed by atoms with Gasteiger partial charge in [-0.1, -0.05) is 0 Å². The minimum atomic E-state index is -2.75. The fourth-order valence-corrected chi connectivity index (χ4v) is 6.90. The summed E-state index contributed by atoms with van der Waals surface area (Å²) in [6.07, 6.45) is 3.44. The maximum Gasteiger partial charge on any atom is 0.235 e. The summed E-state index contributed by atoms with van der Waals surface area (Å²) in [6.45, 7) is 0.151. The average Bonchev–Trinajstić information content (AvgIpc) is 2.90. The van der Waals surface area contributed by atoms with Gasteiger partial charge in [-0.25, -0.2) is 0 Å². The van der Waals surface area contributed by atoms with E-state index in [0.29, 0.717) is 22.5 Å². The van der Waals surface area contributed by atoms with Crippen LogP contribution in [-0.4, -0.2) is 89.0 Å². The van der Waals surface area contributed by atoms with Crippen molar-refractivity contribution in [1.82, 2.24) is 9.88 Å². The van der Waals surface area contributed by atoms with Crippen molar-refractivity contribution in [2.24, 2.45) is 29.4 Å². The van der Waals surface area contributed by atoms with Crippen molar-refractivity contribution in [3.05, 3.63) is 47.3 Å². The fourth-order valence-electron chi connectivity index (χ4n) is 6.90. The van der Waals surface area contributed by atoms with E-state index in [0.717, 1.165) is 0 Å². The molecule has 0 aliphatic heterocycles. The quantitative estimate of drug-likeness (QED) is 0.345. The molecule has 1 amide bonds. The number of primary amides is 1. The van der Waals surface area contributed by atoms with Crippen LogP contribution in [0.4, 0.5) is 11.4 Å². The predicted octanol–water partition coefficient (Wildman–Crippen LogP) is -0.0599. The van der Waals surface area contributed by atoms with Gasteiger partial charge in [-0.15, -0.1) is 0 Å². The van der Waals surface area contributed by atoms with Crippen molar-refractivity contribution in [3.63, 3.8) is 0 Å². The van der Waals surface area contributed by atoms with E-state index in [1.54, 1.807) is 58.8 Å². The third-order valence-electron chi connectivity index (χ3n) is 8.74. The molecule has 0 spiro atoms. The SMILES string of the molecule is CN(C)c1cc(CNc2cccnc2)c(O)c2c1C[C@H]1C[C@H]3[C@@H](N(C)C)C(=O)C(C(N)=O)C(=O)[C@@]3(O)C(=O)C1C2=O. The van der Waals surface area contributed by atoms with E-state index < -0.39 is 64.4 Å². The molecule has 3 aliphatic rings. The Balaban J connectivity index is 1.60. The highest BCUT2D eigenvalue weighted by atomic mass is 16.3. The molecule has 6 atom stereocenters. The van der Waals surface area contributed by atoms with Crippen LogP contribution in [0.25, 0.3) is 0 Å². The Morgan fingerprint density at radius 1 is 1.17 bits per heavy atom. The Morgan fingerprint density at radius 3 is 2.46 bits per heavy atom. The number of aromatic nitrogens is 1. The first-order chi connectivity index (χ1) is 19.3. The van der Waals surface area contributed by atoms with Crippen LogP contribution in [0.1, 0.15) is 27.9 Å². The zero-order valence-electron chi connectivity index (χ0n) is 23.2. The first kappa shape index (κ1) is 28.4. The van der Waals surface area contributed by atoms with Crippen molar-refractivity contribution in [3.8, 4) is 5.75 Å². The van der Waals surface area contributed by atoms with Gasteiger partial charge in [-0.3, -0.25) is 33.9 Å². The van der Waals surface area contributed by atoms with Gasteiger partial charge >= 0.3 is 0 Å². The molecule has 0 bridgehead atoms. The van der Waals surface area contributed by atoms with Crippen LogP contribution in [0, 0.1) is 23.7 Å². The third-order valence-corrected chi connectivity index (χ3v) is 8.74. The Hall–Kier alpha value is -4.16. The Bertz CT molecular complexity index is 1470. The first-order valence-corrected chi connectivity index (χ1v) is 13.3. The molecular formula is C29H33N5O7. The summed E-state index contributed by atoms with van der Waals surface area (Å²) in [5, 5.41) is 26.2. The van der Waals surface area contributed by atoms with Crippen LogP contribution in [-0.2, 0) is 32.1 Å². The summed E-state index contributed by atoms with van der Waals surface area (Å²) in [7, 11) is 6.71. The Kier molecular flexibility index (Phi) is 6.94. The number of nitrogens with two attached hydrogens (primary N) is 1. The molecule has 2 aromatic rings. The minimum Gasteiger partial charge on any atom is -0.507 e. The van der Waals surface area contributed by atoms with Crippen LogP contribution < -0.4 is 16.0 Å². The van der Waals surface area contributed by atoms with Crippen molar-refractivity contribution in [1.29, 1.82) is 0 Å². The molecule has 41 heavy (non-hydrogen) atoms. The summed E-state index contributed by atoms with van der Waals surface area (Å²) >= 11 is 0. The summed E-state index contributed by atoms with van der Waals surface area (Å²) in [4.78, 5) is 74.3. The molecule has 2 unspecified atom stereocenters. The number of carbonyl (C=O) groups excluding carboxylic acids is 5. The standard InChI is InChI=1S/C29H33N5O7/c1-33(2)18-10-14(11-32-15-6-5-7-31-12-15)23(35)20-16(18)8-13-9-17-22(34(3)4)25(37)21(28(30)40)27(39)29(17,41)26(38)19(13)24(20)36/h5-7,10,12-13,17,19,21-22,32,35,41H,8-9,11H2,1-4H3,(H2,30,40)/t13-,17-,19?,21?,22+,29-/m0/s1. The number of benzene rings is 1. The van der Waals surface area contributed by atoms with Gasteiger partial charge in [0.05, 0.1) is 23.2 Å². The number of ketones is 4. The Morgan fingerprint density at radius 2 is 1.88 bits per heavy atom. The van der Waals surface area contributed by atoms with Crippen LogP contribution in [0.3, 0.4) is 0 Å². The number of rotatable bonds is 6. The molecule has 12 nitrogen and oxygen atoms in total. The lowest BCUT2D eigenvalue weighted by atomic mass is 9.52. The lowest BCUT2D eigenvalue weighted by molar-refractivity contribution is -0.181. The number of phenols is 1. The number of hydrogen-bond acceptors (Lipinski definition) is 11. The number of phenolic OH excluding ortho intramolecular Hbond substituents is 1. The molecule has 0 radical (unpaired) electrons. The Labute approximate surface area is 236 Å². The molecule has 0 saturated heterocycles. The van der Waals surface area contributed by atoms with Gasteiger partial charge in [0, 0.05) is 50.2 Å². The number of amides is 1. The number of likely N-dealkylation sites (N-methyl/N-ethyl adjacent to an activating group) is 1. The molecule has 5 N–H and O–H groups in total. The van der Waals surface area contributed by atoms with E-state index in [1.165, 1.54) is 4.90 Å². The predicted molar refractivity (Wildman–Crippen MR) is 147 cm³/mol.